The lowest BCUT2D eigenvalue weighted by Crippen LogP contribution is -1.90. The van der Waals surface area contributed by atoms with Crippen molar-refractivity contribution in [2.24, 2.45) is 0 Å². The average Bonchev–Trinajstić information content (AvgIpc) is 2.34. The van der Waals surface area contributed by atoms with E-state index in [9.17, 15) is 4.39 Å². The third-order valence-electron chi connectivity index (χ3n) is 3.13. The first-order valence-corrected chi connectivity index (χ1v) is 5.85. The van der Waals surface area contributed by atoms with Crippen molar-refractivity contribution < 1.29 is 4.39 Å². The number of halogens is 1. The second kappa shape index (κ2) is 5.01. The molecule has 0 radical (unpaired) electrons. The van der Waals surface area contributed by atoms with E-state index in [2.05, 4.69) is 0 Å². The molecule has 0 aromatic heterocycles. The zero-order valence-electron chi connectivity index (χ0n) is 10.5. The van der Waals surface area contributed by atoms with Crippen LogP contribution in [-0.4, -0.2) is 0 Å². The van der Waals surface area contributed by atoms with Gasteiger partial charge in [-0.25, -0.2) is 4.39 Å². The Morgan fingerprint density at radius 1 is 1.06 bits per heavy atom. The highest BCUT2D eigenvalue weighted by atomic mass is 19.1. The predicted molar refractivity (Wildman–Crippen MR) is 70.6 cm³/mol. The summed E-state index contributed by atoms with van der Waals surface area (Å²) in [6.45, 7) is 4.05. The maximum atomic E-state index is 14.0. The van der Waals surface area contributed by atoms with Gasteiger partial charge >= 0.3 is 0 Å². The second-order valence-corrected chi connectivity index (χ2v) is 4.45. The van der Waals surface area contributed by atoms with E-state index in [1.54, 1.807) is 12.1 Å². The average molecular weight is 239 g/mol. The number of nitrogens with zero attached hydrogens (tertiary/aromatic N) is 1. The number of benzene rings is 2. The van der Waals surface area contributed by atoms with Crippen molar-refractivity contribution >= 4 is 0 Å². The first kappa shape index (κ1) is 12.3. The van der Waals surface area contributed by atoms with Crippen molar-refractivity contribution in [2.75, 3.05) is 0 Å². The molecule has 18 heavy (non-hydrogen) atoms. The van der Waals surface area contributed by atoms with Gasteiger partial charge in [-0.15, -0.1) is 0 Å². The molecular formula is C16H14FN. The Morgan fingerprint density at radius 3 is 2.44 bits per heavy atom. The molecule has 2 aromatic rings. The van der Waals surface area contributed by atoms with Gasteiger partial charge < -0.3 is 0 Å². The van der Waals surface area contributed by atoms with Crippen LogP contribution in [0.1, 0.15) is 16.7 Å². The summed E-state index contributed by atoms with van der Waals surface area (Å²) in [5.41, 5.74) is 4.51. The van der Waals surface area contributed by atoms with Gasteiger partial charge in [0.25, 0.3) is 0 Å². The van der Waals surface area contributed by atoms with Crippen molar-refractivity contribution in [3.8, 4) is 17.2 Å². The lowest BCUT2D eigenvalue weighted by atomic mass is 9.98. The fourth-order valence-corrected chi connectivity index (χ4v) is 1.90. The zero-order chi connectivity index (χ0) is 13.1. The van der Waals surface area contributed by atoms with Crippen LogP contribution in [0, 0.1) is 31.0 Å². The van der Waals surface area contributed by atoms with Gasteiger partial charge in [0, 0.05) is 5.56 Å². The number of rotatable bonds is 2. The maximum absolute atomic E-state index is 14.0. The van der Waals surface area contributed by atoms with E-state index in [-0.39, 0.29) is 12.2 Å². The Balaban J connectivity index is 2.45. The number of hydrogen-bond donors (Lipinski definition) is 0. The largest absolute Gasteiger partial charge is 0.206 e. The minimum absolute atomic E-state index is 0.240. The summed E-state index contributed by atoms with van der Waals surface area (Å²) >= 11 is 0. The summed E-state index contributed by atoms with van der Waals surface area (Å²) in [7, 11) is 0. The van der Waals surface area contributed by atoms with E-state index in [0.717, 1.165) is 11.1 Å². The highest BCUT2D eigenvalue weighted by Crippen LogP contribution is 2.25. The molecule has 0 bridgehead atoms. The predicted octanol–water partition coefficient (Wildman–Crippen LogP) is 4.18. The number of nitriles is 1. The Bertz CT molecular complexity index is 623. The zero-order valence-corrected chi connectivity index (χ0v) is 10.5. The highest BCUT2D eigenvalue weighted by molar-refractivity contribution is 5.66. The van der Waals surface area contributed by atoms with Gasteiger partial charge in [-0.05, 0) is 42.2 Å². The molecular weight excluding hydrogens is 225 g/mol. The number of hydrogen-bond acceptors (Lipinski definition) is 1. The summed E-state index contributed by atoms with van der Waals surface area (Å²) in [5, 5.41) is 8.59. The van der Waals surface area contributed by atoms with Gasteiger partial charge in [-0.1, -0.05) is 30.3 Å². The minimum atomic E-state index is -0.272. The van der Waals surface area contributed by atoms with Crippen LogP contribution in [0.2, 0.25) is 0 Å². The van der Waals surface area contributed by atoms with Crippen molar-refractivity contribution in [3.63, 3.8) is 0 Å². The molecule has 0 amide bonds. The fraction of sp³-hybridized carbons (Fsp3) is 0.188. The first-order chi connectivity index (χ1) is 8.61. The third-order valence-corrected chi connectivity index (χ3v) is 3.13. The van der Waals surface area contributed by atoms with Gasteiger partial charge in [-0.3, -0.25) is 0 Å². The van der Waals surface area contributed by atoms with Gasteiger partial charge in [-0.2, -0.15) is 5.26 Å². The van der Waals surface area contributed by atoms with Gasteiger partial charge in [0.15, 0.2) is 0 Å². The Kier molecular flexibility index (Phi) is 3.43. The normalized spacial score (nSPS) is 10.1. The Morgan fingerprint density at radius 2 is 1.83 bits per heavy atom. The molecule has 0 heterocycles. The summed E-state index contributed by atoms with van der Waals surface area (Å²) in [5.74, 6) is -0.272. The molecule has 2 heteroatoms. The van der Waals surface area contributed by atoms with Gasteiger partial charge in [0.1, 0.15) is 5.82 Å². The van der Waals surface area contributed by atoms with E-state index in [1.807, 2.05) is 38.1 Å². The summed E-state index contributed by atoms with van der Waals surface area (Å²) in [6, 6.07) is 12.9. The highest BCUT2D eigenvalue weighted by Gasteiger charge is 2.07. The van der Waals surface area contributed by atoms with Crippen molar-refractivity contribution in [1.29, 1.82) is 5.26 Å². The van der Waals surface area contributed by atoms with E-state index >= 15 is 0 Å². The molecule has 0 spiro atoms. The molecule has 0 N–H and O–H groups in total. The topological polar surface area (TPSA) is 23.8 Å². The molecule has 0 aliphatic rings. The smallest absolute Gasteiger partial charge is 0.131 e. The van der Waals surface area contributed by atoms with Crippen LogP contribution in [0.25, 0.3) is 11.1 Å². The van der Waals surface area contributed by atoms with Crippen LogP contribution in [0.4, 0.5) is 4.39 Å². The third kappa shape index (κ3) is 2.41. The lowest BCUT2D eigenvalue weighted by Gasteiger charge is -2.07. The molecule has 0 aliphatic heterocycles. The SMILES string of the molecule is Cc1ccc(-c2ccc(CC#N)cc2F)cc1C. The Hall–Kier alpha value is -2.14. The molecule has 90 valence electrons. The van der Waals surface area contributed by atoms with Crippen LogP contribution < -0.4 is 0 Å². The van der Waals surface area contributed by atoms with Gasteiger partial charge in [0.05, 0.1) is 12.5 Å². The van der Waals surface area contributed by atoms with E-state index < -0.39 is 0 Å². The molecule has 0 aliphatic carbocycles. The molecule has 0 unspecified atom stereocenters. The molecule has 0 atom stereocenters. The summed E-state index contributed by atoms with van der Waals surface area (Å²) in [6.07, 6.45) is 0.240. The second-order valence-electron chi connectivity index (χ2n) is 4.45. The van der Waals surface area contributed by atoms with Crippen LogP contribution in [-0.2, 0) is 6.42 Å². The van der Waals surface area contributed by atoms with Crippen LogP contribution >= 0.6 is 0 Å². The standard InChI is InChI=1S/C16H14FN/c1-11-3-5-14(9-12(11)2)15-6-4-13(7-8-18)10-16(15)17/h3-6,9-10H,7H2,1-2H3. The Labute approximate surface area is 107 Å². The van der Waals surface area contributed by atoms with E-state index in [4.69, 9.17) is 5.26 Å². The maximum Gasteiger partial charge on any atom is 0.131 e. The molecule has 1 nitrogen and oxygen atoms in total. The number of aryl methyl sites for hydroxylation is 2. The molecule has 0 saturated heterocycles. The minimum Gasteiger partial charge on any atom is -0.206 e. The van der Waals surface area contributed by atoms with Crippen molar-refractivity contribution in [1.82, 2.24) is 0 Å². The quantitative estimate of drug-likeness (QED) is 0.771. The van der Waals surface area contributed by atoms with Crippen LogP contribution in [0.3, 0.4) is 0 Å². The van der Waals surface area contributed by atoms with Crippen molar-refractivity contribution in [3.05, 3.63) is 58.9 Å². The monoisotopic (exact) mass is 239 g/mol. The summed E-state index contributed by atoms with van der Waals surface area (Å²) < 4.78 is 14.0. The van der Waals surface area contributed by atoms with Gasteiger partial charge in [0.2, 0.25) is 0 Å². The van der Waals surface area contributed by atoms with Crippen molar-refractivity contribution in [2.45, 2.75) is 20.3 Å². The first-order valence-electron chi connectivity index (χ1n) is 5.85. The molecule has 2 aromatic carbocycles. The van der Waals surface area contributed by atoms with E-state index in [1.165, 1.54) is 11.6 Å². The molecule has 0 saturated carbocycles. The fourth-order valence-electron chi connectivity index (χ4n) is 1.90. The van der Waals surface area contributed by atoms with E-state index in [0.29, 0.717) is 11.1 Å². The van der Waals surface area contributed by atoms with Crippen LogP contribution in [0.15, 0.2) is 36.4 Å². The van der Waals surface area contributed by atoms with Crippen LogP contribution in [0.5, 0.6) is 0 Å². The molecule has 2 rings (SSSR count). The lowest BCUT2D eigenvalue weighted by molar-refractivity contribution is 0.629. The summed E-state index contributed by atoms with van der Waals surface area (Å²) in [4.78, 5) is 0. The molecule has 0 fully saturated rings.